The molecule has 12 heavy (non-hydrogen) atoms. The average Bonchev–Trinajstić information content (AvgIpc) is 2.15. The summed E-state index contributed by atoms with van der Waals surface area (Å²) >= 11 is 0. The van der Waals surface area contributed by atoms with E-state index in [1.807, 2.05) is 0 Å². The van der Waals surface area contributed by atoms with Crippen LogP contribution in [0.15, 0.2) is 24.0 Å². The Morgan fingerprint density at radius 3 is 3.08 bits per heavy atom. The van der Waals surface area contributed by atoms with Crippen molar-refractivity contribution in [2.45, 2.75) is 32.6 Å². The topological polar surface area (TPSA) is 9.23 Å². The van der Waals surface area contributed by atoms with Gasteiger partial charge in [-0.1, -0.05) is 25.8 Å². The average molecular weight is 166 g/mol. The van der Waals surface area contributed by atoms with E-state index in [2.05, 4.69) is 25.2 Å². The highest BCUT2D eigenvalue weighted by molar-refractivity contribution is 5.18. The van der Waals surface area contributed by atoms with E-state index >= 15 is 0 Å². The predicted molar refractivity (Wildman–Crippen MR) is 51.9 cm³/mol. The van der Waals surface area contributed by atoms with Crippen LogP contribution < -0.4 is 0 Å². The van der Waals surface area contributed by atoms with E-state index in [0.717, 1.165) is 5.76 Å². The minimum Gasteiger partial charge on any atom is -0.497 e. The first-order chi connectivity index (χ1) is 5.86. The number of rotatable bonds is 4. The van der Waals surface area contributed by atoms with Gasteiger partial charge in [0, 0.05) is 0 Å². The molecule has 0 fully saturated rings. The molecule has 0 spiro atoms. The molecular weight excluding hydrogens is 148 g/mol. The van der Waals surface area contributed by atoms with Crippen LogP contribution in [-0.4, -0.2) is 7.11 Å². The third kappa shape index (κ3) is 2.72. The minimum atomic E-state index is 0.713. The quantitative estimate of drug-likeness (QED) is 0.622. The Morgan fingerprint density at radius 1 is 1.58 bits per heavy atom. The van der Waals surface area contributed by atoms with Gasteiger partial charge in [0.05, 0.1) is 7.11 Å². The van der Waals surface area contributed by atoms with Gasteiger partial charge in [0.15, 0.2) is 0 Å². The monoisotopic (exact) mass is 166 g/mol. The van der Waals surface area contributed by atoms with E-state index in [9.17, 15) is 0 Å². The Balaban J connectivity index is 2.37. The van der Waals surface area contributed by atoms with Crippen molar-refractivity contribution in [3.63, 3.8) is 0 Å². The van der Waals surface area contributed by atoms with Crippen LogP contribution in [0.5, 0.6) is 0 Å². The van der Waals surface area contributed by atoms with Gasteiger partial charge >= 0.3 is 0 Å². The second-order valence-electron chi connectivity index (χ2n) is 3.31. The van der Waals surface area contributed by atoms with Crippen molar-refractivity contribution in [3.8, 4) is 0 Å². The first kappa shape index (κ1) is 9.37. The van der Waals surface area contributed by atoms with Gasteiger partial charge in [0.25, 0.3) is 0 Å². The summed E-state index contributed by atoms with van der Waals surface area (Å²) in [6.07, 6.45) is 11.6. The molecule has 0 amide bonds. The summed E-state index contributed by atoms with van der Waals surface area (Å²) < 4.78 is 5.18. The molecule has 0 N–H and O–H groups in total. The van der Waals surface area contributed by atoms with Gasteiger partial charge in [-0.3, -0.25) is 0 Å². The SMILES string of the molecule is CCCCC1C=C(OC)C=CC1. The molecule has 1 heteroatoms. The maximum absolute atomic E-state index is 5.18. The van der Waals surface area contributed by atoms with Gasteiger partial charge < -0.3 is 4.74 Å². The first-order valence-electron chi connectivity index (χ1n) is 4.79. The molecule has 0 heterocycles. The predicted octanol–water partition coefficient (Wildman–Crippen LogP) is 3.28. The molecule has 0 aromatic heterocycles. The largest absolute Gasteiger partial charge is 0.497 e. The van der Waals surface area contributed by atoms with Gasteiger partial charge in [-0.25, -0.2) is 0 Å². The number of methoxy groups -OCH3 is 1. The Kier molecular flexibility index (Phi) is 3.92. The first-order valence-corrected chi connectivity index (χ1v) is 4.79. The normalized spacial score (nSPS) is 22.2. The molecule has 1 aliphatic carbocycles. The summed E-state index contributed by atoms with van der Waals surface area (Å²) in [7, 11) is 1.73. The summed E-state index contributed by atoms with van der Waals surface area (Å²) in [6, 6.07) is 0. The second-order valence-corrected chi connectivity index (χ2v) is 3.31. The highest BCUT2D eigenvalue weighted by atomic mass is 16.5. The summed E-state index contributed by atoms with van der Waals surface area (Å²) in [5.74, 6) is 1.74. The van der Waals surface area contributed by atoms with Crippen LogP contribution in [0.4, 0.5) is 0 Å². The van der Waals surface area contributed by atoms with Crippen molar-refractivity contribution >= 4 is 0 Å². The third-order valence-electron chi connectivity index (χ3n) is 2.29. The Morgan fingerprint density at radius 2 is 2.42 bits per heavy atom. The van der Waals surface area contributed by atoms with Crippen LogP contribution in [0.2, 0.25) is 0 Å². The van der Waals surface area contributed by atoms with Crippen molar-refractivity contribution < 1.29 is 4.74 Å². The lowest BCUT2D eigenvalue weighted by Crippen LogP contribution is -2.01. The number of unbranched alkanes of at least 4 members (excludes halogenated alkanes) is 1. The molecular formula is C11H18O. The molecule has 0 radical (unpaired) electrons. The maximum atomic E-state index is 5.18. The third-order valence-corrected chi connectivity index (χ3v) is 2.29. The molecule has 1 unspecified atom stereocenters. The van der Waals surface area contributed by atoms with Crippen molar-refractivity contribution in [1.29, 1.82) is 0 Å². The molecule has 1 aliphatic rings. The number of hydrogen-bond acceptors (Lipinski definition) is 1. The number of allylic oxidation sites excluding steroid dienone is 3. The van der Waals surface area contributed by atoms with Crippen molar-refractivity contribution in [2.75, 3.05) is 7.11 Å². The molecule has 0 saturated heterocycles. The van der Waals surface area contributed by atoms with Gasteiger partial charge in [-0.2, -0.15) is 0 Å². The van der Waals surface area contributed by atoms with Crippen LogP contribution in [-0.2, 0) is 4.74 Å². The fourth-order valence-electron chi connectivity index (χ4n) is 1.52. The van der Waals surface area contributed by atoms with E-state index in [0.29, 0.717) is 5.92 Å². The summed E-state index contributed by atoms with van der Waals surface area (Å²) in [5.41, 5.74) is 0. The molecule has 0 aliphatic heterocycles. The smallest absolute Gasteiger partial charge is 0.114 e. The molecule has 68 valence electrons. The van der Waals surface area contributed by atoms with Gasteiger partial charge in [0.1, 0.15) is 5.76 Å². The zero-order valence-electron chi connectivity index (χ0n) is 8.05. The van der Waals surface area contributed by atoms with E-state index < -0.39 is 0 Å². The van der Waals surface area contributed by atoms with Crippen LogP contribution in [0.1, 0.15) is 32.6 Å². The summed E-state index contributed by atoms with van der Waals surface area (Å²) in [6.45, 7) is 2.24. The van der Waals surface area contributed by atoms with E-state index in [-0.39, 0.29) is 0 Å². The molecule has 1 atom stereocenters. The van der Waals surface area contributed by atoms with Crippen LogP contribution >= 0.6 is 0 Å². The van der Waals surface area contributed by atoms with Crippen LogP contribution in [0.25, 0.3) is 0 Å². The van der Waals surface area contributed by atoms with E-state index in [4.69, 9.17) is 4.74 Å². The number of hydrogen-bond donors (Lipinski definition) is 0. The fourth-order valence-corrected chi connectivity index (χ4v) is 1.52. The molecule has 1 nitrogen and oxygen atoms in total. The molecule has 1 rings (SSSR count). The van der Waals surface area contributed by atoms with Gasteiger partial charge in [-0.05, 0) is 30.9 Å². The van der Waals surface area contributed by atoms with Crippen molar-refractivity contribution in [1.82, 2.24) is 0 Å². The lowest BCUT2D eigenvalue weighted by atomic mass is 9.94. The van der Waals surface area contributed by atoms with E-state index in [1.165, 1.54) is 25.7 Å². The van der Waals surface area contributed by atoms with Crippen molar-refractivity contribution in [2.24, 2.45) is 5.92 Å². The van der Waals surface area contributed by atoms with Gasteiger partial charge in [0.2, 0.25) is 0 Å². The van der Waals surface area contributed by atoms with Crippen LogP contribution in [0, 0.1) is 5.92 Å². The highest BCUT2D eigenvalue weighted by Crippen LogP contribution is 2.21. The zero-order valence-corrected chi connectivity index (χ0v) is 8.05. The fraction of sp³-hybridized carbons (Fsp3) is 0.636. The highest BCUT2D eigenvalue weighted by Gasteiger charge is 2.08. The van der Waals surface area contributed by atoms with Gasteiger partial charge in [-0.15, -0.1) is 0 Å². The minimum absolute atomic E-state index is 0.713. The lowest BCUT2D eigenvalue weighted by Gasteiger charge is -2.15. The number of ether oxygens (including phenoxy) is 1. The van der Waals surface area contributed by atoms with E-state index in [1.54, 1.807) is 7.11 Å². The van der Waals surface area contributed by atoms with Crippen LogP contribution in [0.3, 0.4) is 0 Å². The Bertz CT molecular complexity index is 179. The molecule has 0 saturated carbocycles. The zero-order chi connectivity index (χ0) is 8.81. The maximum Gasteiger partial charge on any atom is 0.114 e. The summed E-state index contributed by atoms with van der Waals surface area (Å²) in [5, 5.41) is 0. The summed E-state index contributed by atoms with van der Waals surface area (Å²) in [4.78, 5) is 0. The lowest BCUT2D eigenvalue weighted by molar-refractivity contribution is 0.298. The Labute approximate surface area is 75.1 Å². The molecule has 0 bridgehead atoms. The van der Waals surface area contributed by atoms with Crippen molar-refractivity contribution in [3.05, 3.63) is 24.0 Å². The second kappa shape index (κ2) is 5.02. The molecule has 0 aromatic rings. The standard InChI is InChI=1S/C11H18O/c1-3-4-6-10-7-5-8-11(9-10)12-2/h5,8-10H,3-4,6-7H2,1-2H3. The molecule has 0 aromatic carbocycles. The Hall–Kier alpha value is -0.720.